The molecule has 1 heterocycles. The van der Waals surface area contributed by atoms with Crippen molar-refractivity contribution in [2.45, 2.75) is 24.2 Å². The highest BCUT2D eigenvalue weighted by atomic mass is 127. The normalized spacial score (nSPS) is 17.7. The molecule has 1 unspecified atom stereocenters. The summed E-state index contributed by atoms with van der Waals surface area (Å²) in [5.41, 5.74) is 0. The first-order chi connectivity index (χ1) is 11.3. The molecule has 0 aliphatic carbocycles. The molecular formula is C18H30IN3S2. The number of benzene rings is 1. The Morgan fingerprint density at radius 3 is 2.79 bits per heavy atom. The molecule has 3 nitrogen and oxygen atoms in total. The second-order valence-electron chi connectivity index (χ2n) is 5.90. The van der Waals surface area contributed by atoms with Gasteiger partial charge in [0.1, 0.15) is 0 Å². The highest BCUT2D eigenvalue weighted by Gasteiger charge is 2.24. The van der Waals surface area contributed by atoms with Crippen molar-refractivity contribution < 1.29 is 0 Å². The van der Waals surface area contributed by atoms with Crippen LogP contribution in [0.4, 0.5) is 0 Å². The molecule has 24 heavy (non-hydrogen) atoms. The van der Waals surface area contributed by atoms with Crippen molar-refractivity contribution in [3.63, 3.8) is 0 Å². The fraction of sp³-hybridized carbons (Fsp3) is 0.611. The molecule has 1 aliphatic heterocycles. The number of halogens is 1. The van der Waals surface area contributed by atoms with E-state index in [2.05, 4.69) is 51.8 Å². The Kier molecular flexibility index (Phi) is 12.0. The van der Waals surface area contributed by atoms with Gasteiger partial charge in [0.2, 0.25) is 0 Å². The van der Waals surface area contributed by atoms with Crippen LogP contribution in [0, 0.1) is 5.92 Å². The van der Waals surface area contributed by atoms with Gasteiger partial charge in [0.05, 0.1) is 0 Å². The van der Waals surface area contributed by atoms with E-state index >= 15 is 0 Å². The number of aliphatic imine (C=N–C) groups is 1. The molecule has 0 saturated carbocycles. The standard InChI is InChI=1S/C18H29N3S2.HI/c1-19-18(20-11-6-7-13-22-2)21-12-10-16(14-21)15-23-17-8-4-3-5-9-17;/h3-5,8-9,16H,6-7,10-15H2,1-2H3,(H,19,20);1H. The van der Waals surface area contributed by atoms with Gasteiger partial charge in [-0.15, -0.1) is 35.7 Å². The van der Waals surface area contributed by atoms with Gasteiger partial charge < -0.3 is 10.2 Å². The summed E-state index contributed by atoms with van der Waals surface area (Å²) in [5.74, 6) is 4.30. The molecule has 0 radical (unpaired) electrons. The smallest absolute Gasteiger partial charge is 0.193 e. The maximum absolute atomic E-state index is 4.46. The van der Waals surface area contributed by atoms with E-state index < -0.39 is 0 Å². The molecule has 6 heteroatoms. The lowest BCUT2D eigenvalue weighted by molar-refractivity contribution is 0.473. The molecule has 0 bridgehead atoms. The lowest BCUT2D eigenvalue weighted by Crippen LogP contribution is -2.40. The van der Waals surface area contributed by atoms with Crippen molar-refractivity contribution in [1.82, 2.24) is 10.2 Å². The largest absolute Gasteiger partial charge is 0.356 e. The van der Waals surface area contributed by atoms with Gasteiger partial charge in [-0.3, -0.25) is 4.99 Å². The van der Waals surface area contributed by atoms with Crippen LogP contribution >= 0.6 is 47.5 Å². The Hall–Kier alpha value is -0.0800. The average Bonchev–Trinajstić information content (AvgIpc) is 3.06. The zero-order chi connectivity index (χ0) is 16.3. The molecule has 1 aromatic rings. The fourth-order valence-electron chi connectivity index (χ4n) is 2.80. The van der Waals surface area contributed by atoms with Gasteiger partial charge in [-0.2, -0.15) is 11.8 Å². The first-order valence-electron chi connectivity index (χ1n) is 8.46. The maximum atomic E-state index is 4.46. The van der Waals surface area contributed by atoms with Crippen molar-refractivity contribution in [3.8, 4) is 0 Å². The molecule has 0 aromatic heterocycles. The van der Waals surface area contributed by atoms with E-state index in [1.165, 1.54) is 35.7 Å². The zero-order valence-corrected chi connectivity index (χ0v) is 18.7. The van der Waals surface area contributed by atoms with Crippen LogP contribution in [0.5, 0.6) is 0 Å². The summed E-state index contributed by atoms with van der Waals surface area (Å²) in [7, 11) is 1.90. The molecule has 1 saturated heterocycles. The van der Waals surface area contributed by atoms with Crippen LogP contribution < -0.4 is 5.32 Å². The topological polar surface area (TPSA) is 27.6 Å². The van der Waals surface area contributed by atoms with Crippen molar-refractivity contribution in [2.75, 3.05) is 44.4 Å². The minimum Gasteiger partial charge on any atom is -0.356 e. The van der Waals surface area contributed by atoms with E-state index in [4.69, 9.17) is 0 Å². The van der Waals surface area contributed by atoms with Gasteiger partial charge in [-0.25, -0.2) is 0 Å². The number of hydrogen-bond donors (Lipinski definition) is 1. The van der Waals surface area contributed by atoms with E-state index in [1.54, 1.807) is 0 Å². The van der Waals surface area contributed by atoms with Crippen molar-refractivity contribution in [3.05, 3.63) is 30.3 Å². The molecule has 1 aliphatic rings. The highest BCUT2D eigenvalue weighted by Crippen LogP contribution is 2.25. The summed E-state index contributed by atoms with van der Waals surface area (Å²) < 4.78 is 0. The van der Waals surface area contributed by atoms with Crippen LogP contribution in [0.2, 0.25) is 0 Å². The molecule has 1 N–H and O–H groups in total. The summed E-state index contributed by atoms with van der Waals surface area (Å²) in [4.78, 5) is 8.26. The Bertz CT molecular complexity index is 471. The number of guanidine groups is 1. The van der Waals surface area contributed by atoms with Gasteiger partial charge >= 0.3 is 0 Å². The van der Waals surface area contributed by atoms with E-state index in [9.17, 15) is 0 Å². The Balaban J connectivity index is 0.00000288. The average molecular weight is 479 g/mol. The van der Waals surface area contributed by atoms with Crippen LogP contribution in [-0.4, -0.2) is 55.3 Å². The van der Waals surface area contributed by atoms with E-state index in [0.717, 1.165) is 31.5 Å². The van der Waals surface area contributed by atoms with Gasteiger partial charge in [-0.05, 0) is 49.3 Å². The van der Waals surface area contributed by atoms with E-state index in [0.29, 0.717) is 0 Å². The number of likely N-dealkylation sites (tertiary alicyclic amines) is 1. The predicted octanol–water partition coefficient (Wildman–Crippen LogP) is 4.44. The minimum absolute atomic E-state index is 0. The van der Waals surface area contributed by atoms with Crippen molar-refractivity contribution in [2.24, 2.45) is 10.9 Å². The van der Waals surface area contributed by atoms with E-state index in [1.807, 2.05) is 30.6 Å². The second-order valence-corrected chi connectivity index (χ2v) is 7.98. The van der Waals surface area contributed by atoms with Crippen molar-refractivity contribution in [1.29, 1.82) is 0 Å². The molecule has 1 fully saturated rings. The predicted molar refractivity (Wildman–Crippen MR) is 121 cm³/mol. The summed E-state index contributed by atoms with van der Waals surface area (Å²) in [5, 5.41) is 3.52. The SMILES string of the molecule is CN=C(NCCCCSC)N1CCC(CSc2ccccc2)C1.I. The highest BCUT2D eigenvalue weighted by molar-refractivity contribution is 14.0. The van der Waals surface area contributed by atoms with Crippen molar-refractivity contribution >= 4 is 53.5 Å². The molecule has 1 atom stereocenters. The summed E-state index contributed by atoms with van der Waals surface area (Å²) in [6.07, 6.45) is 5.94. The van der Waals surface area contributed by atoms with Crippen LogP contribution in [0.15, 0.2) is 40.2 Å². The summed E-state index contributed by atoms with van der Waals surface area (Å²) in [6.45, 7) is 3.29. The number of thioether (sulfide) groups is 2. The maximum Gasteiger partial charge on any atom is 0.193 e. The molecule has 136 valence electrons. The number of nitrogens with one attached hydrogen (secondary N) is 1. The Morgan fingerprint density at radius 1 is 1.29 bits per heavy atom. The third-order valence-corrected chi connectivity index (χ3v) is 6.02. The lowest BCUT2D eigenvalue weighted by Gasteiger charge is -2.21. The first kappa shape index (κ1) is 22.0. The fourth-order valence-corrected chi connectivity index (χ4v) is 4.34. The second kappa shape index (κ2) is 13.2. The monoisotopic (exact) mass is 479 g/mol. The molecular weight excluding hydrogens is 449 g/mol. The molecule has 1 aromatic carbocycles. The van der Waals surface area contributed by atoms with Crippen LogP contribution in [0.1, 0.15) is 19.3 Å². The number of rotatable bonds is 8. The minimum atomic E-state index is 0. The number of hydrogen-bond acceptors (Lipinski definition) is 3. The summed E-state index contributed by atoms with van der Waals surface area (Å²) in [6, 6.07) is 10.7. The van der Waals surface area contributed by atoms with Gasteiger partial charge in [0.25, 0.3) is 0 Å². The van der Waals surface area contributed by atoms with E-state index in [-0.39, 0.29) is 24.0 Å². The Morgan fingerprint density at radius 2 is 2.08 bits per heavy atom. The Labute approximate surface area is 172 Å². The van der Waals surface area contributed by atoms with Crippen LogP contribution in [-0.2, 0) is 0 Å². The number of nitrogens with zero attached hydrogens (tertiary/aromatic N) is 2. The van der Waals surface area contributed by atoms with Crippen LogP contribution in [0.25, 0.3) is 0 Å². The third-order valence-electron chi connectivity index (χ3n) is 4.08. The molecule has 0 spiro atoms. The first-order valence-corrected chi connectivity index (χ1v) is 10.8. The van der Waals surface area contributed by atoms with Gasteiger partial charge in [0.15, 0.2) is 5.96 Å². The summed E-state index contributed by atoms with van der Waals surface area (Å²) >= 11 is 3.90. The molecule has 0 amide bonds. The van der Waals surface area contributed by atoms with Crippen LogP contribution in [0.3, 0.4) is 0 Å². The third kappa shape index (κ3) is 7.87. The van der Waals surface area contributed by atoms with Gasteiger partial charge in [0, 0.05) is 37.3 Å². The molecule has 2 rings (SSSR count). The lowest BCUT2D eigenvalue weighted by atomic mass is 10.2. The van der Waals surface area contributed by atoms with Gasteiger partial charge in [-0.1, -0.05) is 18.2 Å². The zero-order valence-electron chi connectivity index (χ0n) is 14.7. The number of unbranched alkanes of at least 4 members (excludes halogenated alkanes) is 1. The quantitative estimate of drug-likeness (QED) is 0.196.